The van der Waals surface area contributed by atoms with Gasteiger partial charge in [-0.3, -0.25) is 13.4 Å². The van der Waals surface area contributed by atoms with Crippen molar-refractivity contribution >= 4 is 25.5 Å². The van der Waals surface area contributed by atoms with E-state index >= 15 is 0 Å². The Bertz CT molecular complexity index is 1080. The van der Waals surface area contributed by atoms with Gasteiger partial charge in [-0.15, -0.1) is 0 Å². The Morgan fingerprint density at radius 3 is 0.592 bits per heavy atom. The minimum absolute atomic E-state index is 0.365. The lowest BCUT2D eigenvalue weighted by Gasteiger charge is -2.36. The highest BCUT2D eigenvalue weighted by molar-refractivity contribution is 7.40. The van der Waals surface area contributed by atoms with Gasteiger partial charge in [0.2, 0.25) is 0 Å². The molecule has 0 atom stereocenters. The fraction of sp³-hybridized carbons (Fsp3) is 0.947. The molecule has 0 heterocycles. The number of phosphoric acid groups is 1. The predicted octanol–water partition coefficient (Wildman–Crippen LogP) is 11.1. The zero-order chi connectivity index (χ0) is 54.6. The predicted molar refractivity (Wildman–Crippen MR) is 298 cm³/mol. The van der Waals surface area contributed by atoms with Gasteiger partial charge >= 0.3 is 17.7 Å². The zero-order valence-corrected chi connectivity index (χ0v) is 49.6. The van der Waals surface area contributed by atoms with Crippen molar-refractivity contribution in [1.82, 2.24) is 0 Å². The first kappa shape index (κ1) is 76.4. The number of rotatable bonds is 45. The summed E-state index contributed by atoms with van der Waals surface area (Å²) in [5.41, 5.74) is 16.6. The summed E-state index contributed by atoms with van der Waals surface area (Å²) in [5, 5.41) is 0. The van der Waals surface area contributed by atoms with Crippen LogP contribution >= 0.6 is 7.82 Å². The summed E-state index contributed by atoms with van der Waals surface area (Å²) in [6.07, 6.45) is 48.9. The highest BCUT2D eigenvalue weighted by Gasteiger charge is 2.26. The average molecular weight is 1040 g/mol. The van der Waals surface area contributed by atoms with Crippen molar-refractivity contribution in [3.63, 3.8) is 0 Å². The summed E-state index contributed by atoms with van der Waals surface area (Å²) in [5.74, 6) is 1.10. The van der Waals surface area contributed by atoms with E-state index < -0.39 is 7.82 Å². The first-order valence-electron chi connectivity index (χ1n) is 29.6. The van der Waals surface area contributed by atoms with Crippen LogP contribution in [0.4, 0.5) is 0 Å². The van der Waals surface area contributed by atoms with Crippen LogP contribution in [-0.4, -0.2) is 113 Å². The largest absolute Gasteiger partial charge is 0.822 e. The Morgan fingerprint density at radius 1 is 0.310 bits per heavy atom. The average Bonchev–Trinajstić information content (AvgIpc) is 3.31. The van der Waals surface area contributed by atoms with E-state index in [4.69, 9.17) is 36.4 Å². The molecular weight excluding hydrogens is 912 g/mol. The molecule has 428 valence electrons. The lowest BCUT2D eigenvalue weighted by Crippen LogP contribution is -2.46. The van der Waals surface area contributed by atoms with Crippen LogP contribution in [0.5, 0.6) is 0 Å². The molecule has 0 aliphatic carbocycles. The number of nitrogens with zero attached hydrogens (tertiary/aromatic N) is 3. The van der Waals surface area contributed by atoms with Crippen molar-refractivity contribution in [2.75, 3.05) is 81.6 Å². The van der Waals surface area contributed by atoms with Crippen LogP contribution < -0.4 is 31.9 Å². The monoisotopic (exact) mass is 1030 g/mol. The fourth-order valence-corrected chi connectivity index (χ4v) is 8.56. The van der Waals surface area contributed by atoms with Crippen molar-refractivity contribution in [2.24, 2.45) is 17.2 Å². The van der Waals surface area contributed by atoms with E-state index in [2.05, 4.69) is 20.8 Å². The van der Waals surface area contributed by atoms with Gasteiger partial charge in [0, 0.05) is 19.3 Å². The summed E-state index contributed by atoms with van der Waals surface area (Å²) in [7, 11) is 6.67. The van der Waals surface area contributed by atoms with Gasteiger partial charge in [0.1, 0.15) is 0 Å². The Balaban J connectivity index is -0.000000451. The quantitative estimate of drug-likeness (QED) is 0.0298. The standard InChI is InChI=1S/3C19H41N2O.H3O4P/c3*1-4-5-6-7-8-9-10-11-12-13-14-16-19(22)21(2,3)18-15-17-20;1-5(2,3)4/h3*4-18,20H2,1-3H3;(H3,1,2,3,4)/q3*+1;/p-3. The molecule has 0 aromatic rings. The lowest BCUT2D eigenvalue weighted by atomic mass is 10.0. The van der Waals surface area contributed by atoms with Gasteiger partial charge in [0.25, 0.3) is 0 Å². The molecule has 71 heavy (non-hydrogen) atoms. The minimum atomic E-state index is -5.39. The molecule has 0 saturated carbocycles. The maximum atomic E-state index is 12.2. The van der Waals surface area contributed by atoms with Gasteiger partial charge in [-0.2, -0.15) is 7.82 Å². The van der Waals surface area contributed by atoms with E-state index in [0.717, 1.165) is 77.4 Å². The number of carbonyl (C=O) groups excluding carboxylic acids is 3. The summed E-state index contributed by atoms with van der Waals surface area (Å²) >= 11 is 0. The molecule has 0 aromatic carbocycles. The van der Waals surface area contributed by atoms with Crippen LogP contribution in [0.25, 0.3) is 0 Å². The Hall–Kier alpha value is -1.12. The third kappa shape index (κ3) is 61.3. The molecule has 14 heteroatoms. The molecule has 0 fully saturated rings. The molecule has 0 aromatic heterocycles. The second-order valence-corrected chi connectivity index (χ2v) is 23.0. The van der Waals surface area contributed by atoms with Crippen LogP contribution in [0.2, 0.25) is 0 Å². The maximum absolute atomic E-state index is 12.2. The third-order valence-electron chi connectivity index (χ3n) is 13.8. The molecular formula is C57H123N6O7P. The lowest BCUT2D eigenvalue weighted by molar-refractivity contribution is -0.814. The number of quaternary nitrogens is 3. The van der Waals surface area contributed by atoms with Crippen LogP contribution in [0.3, 0.4) is 0 Å². The number of nitrogens with two attached hydrogens (primary N) is 3. The first-order valence-corrected chi connectivity index (χ1v) is 31.0. The highest BCUT2D eigenvalue weighted by atomic mass is 31.2. The molecule has 13 nitrogen and oxygen atoms in total. The number of hydrogen-bond donors (Lipinski definition) is 3. The van der Waals surface area contributed by atoms with E-state index in [1.165, 1.54) is 193 Å². The topological polar surface area (TPSA) is 216 Å². The normalized spacial score (nSPS) is 11.8. The van der Waals surface area contributed by atoms with Crippen LogP contribution in [0.15, 0.2) is 0 Å². The molecule has 0 unspecified atom stereocenters. The van der Waals surface area contributed by atoms with E-state index in [9.17, 15) is 14.4 Å². The minimum Gasteiger partial charge on any atom is -0.822 e. The number of amides is 3. The van der Waals surface area contributed by atoms with E-state index in [1.807, 2.05) is 42.3 Å². The highest BCUT2D eigenvalue weighted by Crippen LogP contribution is 2.17. The van der Waals surface area contributed by atoms with Crippen molar-refractivity contribution < 1.29 is 47.1 Å². The summed E-state index contributed by atoms with van der Waals surface area (Å²) in [6.45, 7) is 11.4. The Labute approximate surface area is 441 Å². The third-order valence-corrected chi connectivity index (χ3v) is 13.8. The van der Waals surface area contributed by atoms with E-state index in [-0.39, 0.29) is 0 Å². The maximum Gasteiger partial charge on any atom is 0.313 e. The summed E-state index contributed by atoms with van der Waals surface area (Å²) in [4.78, 5) is 62.1. The van der Waals surface area contributed by atoms with E-state index in [0.29, 0.717) is 50.8 Å². The second-order valence-electron chi connectivity index (χ2n) is 22.1. The number of unbranched alkanes of at least 4 members (excludes halogenated alkanes) is 30. The molecule has 3 amide bonds. The van der Waals surface area contributed by atoms with Crippen molar-refractivity contribution in [3.05, 3.63) is 0 Å². The molecule has 6 N–H and O–H groups in total. The van der Waals surface area contributed by atoms with Crippen molar-refractivity contribution in [3.8, 4) is 0 Å². The molecule has 0 spiro atoms. The molecule has 0 aliphatic heterocycles. The molecule has 0 aliphatic rings. The fourth-order valence-electron chi connectivity index (χ4n) is 8.56. The van der Waals surface area contributed by atoms with Crippen LogP contribution in [0, 0.1) is 0 Å². The molecule has 0 radical (unpaired) electrons. The number of hydrogen-bond acceptors (Lipinski definition) is 10. The molecule has 0 saturated heterocycles. The van der Waals surface area contributed by atoms with Gasteiger partial charge in [-0.25, -0.2) is 14.4 Å². The Kier molecular flexibility index (Phi) is 57.8. The van der Waals surface area contributed by atoms with Gasteiger partial charge in [0.15, 0.2) is 0 Å². The first-order chi connectivity index (χ1) is 33.6. The van der Waals surface area contributed by atoms with Gasteiger partial charge < -0.3 is 36.4 Å². The summed E-state index contributed by atoms with van der Waals surface area (Å²) in [6, 6.07) is 0. The zero-order valence-electron chi connectivity index (χ0n) is 48.7. The van der Waals surface area contributed by atoms with Crippen molar-refractivity contribution in [1.29, 1.82) is 0 Å². The van der Waals surface area contributed by atoms with Crippen LogP contribution in [0.1, 0.15) is 271 Å². The Morgan fingerprint density at radius 2 is 0.451 bits per heavy atom. The van der Waals surface area contributed by atoms with E-state index in [1.54, 1.807) is 0 Å². The summed E-state index contributed by atoms with van der Waals surface area (Å²) < 4.78 is 10.0. The molecule has 0 rings (SSSR count). The van der Waals surface area contributed by atoms with Crippen molar-refractivity contribution in [2.45, 2.75) is 271 Å². The number of carbonyl (C=O) groups is 3. The second kappa shape index (κ2) is 53.7. The molecule has 0 bridgehead atoms. The smallest absolute Gasteiger partial charge is 0.313 e. The van der Waals surface area contributed by atoms with Crippen LogP contribution in [-0.2, 0) is 18.9 Å². The van der Waals surface area contributed by atoms with Gasteiger partial charge in [-0.05, 0) is 38.9 Å². The van der Waals surface area contributed by atoms with Gasteiger partial charge in [-0.1, -0.05) is 213 Å². The van der Waals surface area contributed by atoms with Gasteiger partial charge in [0.05, 0.1) is 81.2 Å². The SMILES string of the molecule is CCCCCCCCCCCCCC(=O)[N+](C)(C)CCCN.CCCCCCCCCCCCCC(=O)[N+](C)(C)CCCN.CCCCCCCCCCCCCC(=O)[N+](C)(C)CCCN.O=P([O-])([O-])[O-].